The van der Waals surface area contributed by atoms with Crippen LogP contribution in [0.15, 0.2) is 54.1 Å². The van der Waals surface area contributed by atoms with Gasteiger partial charge >= 0.3 is 5.97 Å². The number of piperidine rings is 1. The van der Waals surface area contributed by atoms with E-state index in [4.69, 9.17) is 9.47 Å². The molecule has 0 spiro atoms. The number of fused-ring (bicyclic) bond motifs is 1. The Bertz CT molecular complexity index is 915. The van der Waals surface area contributed by atoms with Gasteiger partial charge in [0.05, 0.1) is 5.57 Å². The van der Waals surface area contributed by atoms with Crippen molar-refractivity contribution in [3.63, 3.8) is 0 Å². The summed E-state index contributed by atoms with van der Waals surface area (Å²) in [5.41, 5.74) is 3.06. The Balaban J connectivity index is 1.28. The van der Waals surface area contributed by atoms with Gasteiger partial charge in [-0.1, -0.05) is 18.2 Å². The van der Waals surface area contributed by atoms with Crippen LogP contribution in [-0.4, -0.2) is 38.2 Å². The van der Waals surface area contributed by atoms with Crippen molar-refractivity contribution in [2.45, 2.75) is 19.3 Å². The van der Waals surface area contributed by atoms with E-state index < -0.39 is 5.97 Å². The lowest BCUT2D eigenvalue weighted by molar-refractivity contribution is -0.143. The molecule has 0 radical (unpaired) electrons. The SMILES string of the molecule is O=C(COC(=O)C1=Cc2ccccc2OC1)Nc1ccc(N2CCCCC2)cc1. The van der Waals surface area contributed by atoms with Crippen molar-refractivity contribution in [3.8, 4) is 5.75 Å². The maximum atomic E-state index is 12.2. The molecule has 29 heavy (non-hydrogen) atoms. The van der Waals surface area contributed by atoms with Gasteiger partial charge in [0.25, 0.3) is 5.91 Å². The molecule has 2 aliphatic rings. The average Bonchev–Trinajstić information content (AvgIpc) is 2.78. The lowest BCUT2D eigenvalue weighted by Crippen LogP contribution is -2.29. The van der Waals surface area contributed by atoms with Gasteiger partial charge in [-0.3, -0.25) is 4.79 Å². The molecule has 150 valence electrons. The Kier molecular flexibility index (Phi) is 5.79. The molecule has 1 N–H and O–H groups in total. The number of carbonyl (C=O) groups excluding carboxylic acids is 2. The highest BCUT2D eigenvalue weighted by Crippen LogP contribution is 2.26. The summed E-state index contributed by atoms with van der Waals surface area (Å²) in [7, 11) is 0. The number of benzene rings is 2. The summed E-state index contributed by atoms with van der Waals surface area (Å²) in [6.45, 7) is 1.94. The molecule has 0 atom stereocenters. The normalized spacial score (nSPS) is 15.6. The Morgan fingerprint density at radius 1 is 1.00 bits per heavy atom. The molecule has 2 aliphatic heterocycles. The van der Waals surface area contributed by atoms with Gasteiger partial charge in [0.15, 0.2) is 6.61 Å². The Morgan fingerprint density at radius 3 is 2.55 bits per heavy atom. The molecule has 0 aromatic heterocycles. The molecule has 1 amide bonds. The molecule has 2 heterocycles. The summed E-state index contributed by atoms with van der Waals surface area (Å²) in [5.74, 6) is -0.188. The van der Waals surface area contributed by atoms with Crippen LogP contribution in [0.2, 0.25) is 0 Å². The fourth-order valence-electron chi connectivity index (χ4n) is 3.56. The van der Waals surface area contributed by atoms with Gasteiger partial charge in [-0.15, -0.1) is 0 Å². The smallest absolute Gasteiger partial charge is 0.338 e. The molecule has 6 heteroatoms. The first-order valence-electron chi connectivity index (χ1n) is 9.93. The van der Waals surface area contributed by atoms with E-state index in [0.717, 1.165) is 24.4 Å². The number of anilines is 2. The fraction of sp³-hybridized carbons (Fsp3) is 0.304. The minimum Gasteiger partial charge on any atom is -0.488 e. The van der Waals surface area contributed by atoms with Crippen LogP contribution in [0.1, 0.15) is 24.8 Å². The third-order valence-electron chi connectivity index (χ3n) is 5.10. The molecule has 4 rings (SSSR count). The number of ether oxygens (including phenoxy) is 2. The zero-order valence-corrected chi connectivity index (χ0v) is 16.2. The van der Waals surface area contributed by atoms with Crippen LogP contribution < -0.4 is 15.0 Å². The van der Waals surface area contributed by atoms with E-state index in [9.17, 15) is 9.59 Å². The van der Waals surface area contributed by atoms with Crippen LogP contribution in [-0.2, 0) is 14.3 Å². The first-order valence-corrected chi connectivity index (χ1v) is 9.93. The van der Waals surface area contributed by atoms with E-state index in [1.165, 1.54) is 24.9 Å². The van der Waals surface area contributed by atoms with E-state index in [1.807, 2.05) is 48.5 Å². The van der Waals surface area contributed by atoms with Crippen molar-refractivity contribution >= 4 is 29.3 Å². The van der Waals surface area contributed by atoms with Gasteiger partial charge in [-0.25, -0.2) is 4.79 Å². The van der Waals surface area contributed by atoms with Gasteiger partial charge in [0.2, 0.25) is 0 Å². The van der Waals surface area contributed by atoms with E-state index in [-0.39, 0.29) is 19.1 Å². The number of hydrogen-bond acceptors (Lipinski definition) is 5. The quantitative estimate of drug-likeness (QED) is 0.787. The highest BCUT2D eigenvalue weighted by molar-refractivity contribution is 5.98. The molecular formula is C23H24N2O4. The highest BCUT2D eigenvalue weighted by atomic mass is 16.5. The van der Waals surface area contributed by atoms with Crippen LogP contribution >= 0.6 is 0 Å². The molecule has 6 nitrogen and oxygen atoms in total. The number of nitrogens with zero attached hydrogens (tertiary/aromatic N) is 1. The van der Waals surface area contributed by atoms with E-state index >= 15 is 0 Å². The number of carbonyl (C=O) groups is 2. The topological polar surface area (TPSA) is 67.9 Å². The summed E-state index contributed by atoms with van der Waals surface area (Å²) >= 11 is 0. The minimum absolute atomic E-state index is 0.134. The molecule has 0 aliphatic carbocycles. The molecule has 0 bridgehead atoms. The summed E-state index contributed by atoms with van der Waals surface area (Å²) in [6.07, 6.45) is 5.46. The third-order valence-corrected chi connectivity index (χ3v) is 5.10. The Labute approximate surface area is 170 Å². The van der Waals surface area contributed by atoms with Crippen molar-refractivity contribution in [3.05, 3.63) is 59.7 Å². The lowest BCUT2D eigenvalue weighted by Gasteiger charge is -2.28. The van der Waals surface area contributed by atoms with Crippen LogP contribution in [0.4, 0.5) is 11.4 Å². The largest absolute Gasteiger partial charge is 0.488 e. The summed E-state index contributed by atoms with van der Waals surface area (Å²) in [5, 5.41) is 2.76. The van der Waals surface area contributed by atoms with Gasteiger partial charge in [0.1, 0.15) is 12.4 Å². The highest BCUT2D eigenvalue weighted by Gasteiger charge is 2.19. The van der Waals surface area contributed by atoms with E-state index in [1.54, 1.807) is 6.08 Å². The van der Waals surface area contributed by atoms with Gasteiger partial charge in [0, 0.05) is 30.0 Å². The molecule has 0 unspecified atom stereocenters. The number of nitrogens with one attached hydrogen (secondary N) is 1. The number of esters is 1. The zero-order chi connectivity index (χ0) is 20.1. The van der Waals surface area contributed by atoms with Crippen molar-refractivity contribution in [2.24, 2.45) is 0 Å². The Morgan fingerprint density at radius 2 is 1.76 bits per heavy atom. The third kappa shape index (κ3) is 4.77. The van der Waals surface area contributed by atoms with Gasteiger partial charge in [-0.2, -0.15) is 0 Å². The second-order valence-electron chi connectivity index (χ2n) is 7.21. The van der Waals surface area contributed by atoms with Crippen LogP contribution in [0.25, 0.3) is 6.08 Å². The summed E-state index contributed by atoms with van der Waals surface area (Å²) in [4.78, 5) is 26.7. The molecule has 0 saturated carbocycles. The monoisotopic (exact) mass is 392 g/mol. The number of rotatable bonds is 5. The van der Waals surface area contributed by atoms with E-state index in [2.05, 4.69) is 10.2 Å². The van der Waals surface area contributed by atoms with Gasteiger partial charge in [-0.05, 0) is 55.7 Å². The number of hydrogen-bond donors (Lipinski definition) is 1. The number of amides is 1. The molecular weight excluding hydrogens is 368 g/mol. The van der Waals surface area contributed by atoms with Crippen LogP contribution in [0, 0.1) is 0 Å². The van der Waals surface area contributed by atoms with E-state index in [0.29, 0.717) is 11.3 Å². The molecule has 1 fully saturated rings. The minimum atomic E-state index is -0.546. The maximum absolute atomic E-state index is 12.2. The van der Waals surface area contributed by atoms with Gasteiger partial charge < -0.3 is 19.7 Å². The summed E-state index contributed by atoms with van der Waals surface area (Å²) in [6, 6.07) is 15.2. The molecule has 2 aromatic rings. The predicted molar refractivity (Wildman–Crippen MR) is 112 cm³/mol. The predicted octanol–water partition coefficient (Wildman–Crippen LogP) is 3.63. The van der Waals surface area contributed by atoms with Crippen molar-refractivity contribution < 1.29 is 19.1 Å². The van der Waals surface area contributed by atoms with Crippen LogP contribution in [0.5, 0.6) is 5.75 Å². The average molecular weight is 392 g/mol. The first-order chi connectivity index (χ1) is 14.2. The van der Waals surface area contributed by atoms with Crippen molar-refractivity contribution in [1.29, 1.82) is 0 Å². The first kappa shape index (κ1) is 19.1. The molecule has 2 aromatic carbocycles. The Hall–Kier alpha value is -3.28. The zero-order valence-electron chi connectivity index (χ0n) is 16.2. The summed E-state index contributed by atoms with van der Waals surface area (Å²) < 4.78 is 10.7. The number of para-hydroxylation sites is 1. The molecule has 1 saturated heterocycles. The second-order valence-corrected chi connectivity index (χ2v) is 7.21. The standard InChI is InChI=1S/C23H24N2O4/c26-22(24-19-8-10-20(11-9-19)25-12-4-1-5-13-25)16-29-23(27)18-14-17-6-2-3-7-21(17)28-15-18/h2-3,6-11,14H,1,4-5,12-13,15-16H2,(H,24,26). The van der Waals surface area contributed by atoms with Crippen molar-refractivity contribution in [2.75, 3.05) is 36.5 Å². The lowest BCUT2D eigenvalue weighted by atomic mass is 10.1. The van der Waals surface area contributed by atoms with Crippen molar-refractivity contribution in [1.82, 2.24) is 0 Å². The fourth-order valence-corrected chi connectivity index (χ4v) is 3.56. The maximum Gasteiger partial charge on any atom is 0.338 e. The van der Waals surface area contributed by atoms with Crippen LogP contribution in [0.3, 0.4) is 0 Å². The second kappa shape index (κ2) is 8.82.